The number of hydrogen-bond acceptors (Lipinski definition) is 2. The highest BCUT2D eigenvalue weighted by Gasteiger charge is 2.20. The van der Waals surface area contributed by atoms with E-state index in [0.717, 1.165) is 31.5 Å². The molecule has 1 aromatic rings. The molecule has 1 saturated heterocycles. The molecule has 3 nitrogen and oxygen atoms in total. The van der Waals surface area contributed by atoms with Gasteiger partial charge >= 0.3 is 0 Å². The molecule has 0 radical (unpaired) electrons. The highest BCUT2D eigenvalue weighted by atomic mass is 16.3. The molecule has 1 aromatic carbocycles. The van der Waals surface area contributed by atoms with Crippen molar-refractivity contribution in [3.63, 3.8) is 0 Å². The first-order valence-electron chi connectivity index (χ1n) is 6.83. The minimum atomic E-state index is 0.0666. The second kappa shape index (κ2) is 6.53. The first-order chi connectivity index (χ1) is 9.19. The van der Waals surface area contributed by atoms with E-state index in [0.29, 0.717) is 5.92 Å². The molecule has 2 rings (SSSR count). The molecule has 1 aliphatic rings. The Labute approximate surface area is 114 Å². The van der Waals surface area contributed by atoms with E-state index in [1.165, 1.54) is 5.56 Å². The van der Waals surface area contributed by atoms with E-state index in [9.17, 15) is 4.79 Å². The van der Waals surface area contributed by atoms with Crippen LogP contribution in [0.5, 0.6) is 0 Å². The molecule has 1 N–H and O–H groups in total. The monoisotopic (exact) mass is 259 g/mol. The molecule has 1 fully saturated rings. The quantitative estimate of drug-likeness (QED) is 0.846. The van der Waals surface area contributed by atoms with E-state index in [1.807, 2.05) is 42.2 Å². The number of aliphatic hydroxyl groups is 1. The number of nitrogens with zero attached hydrogens (tertiary/aromatic N) is 1. The summed E-state index contributed by atoms with van der Waals surface area (Å²) in [5, 5.41) is 9.07. The molecule has 0 saturated carbocycles. The fourth-order valence-corrected chi connectivity index (χ4v) is 2.29. The Morgan fingerprint density at radius 2 is 1.95 bits per heavy atom. The number of aryl methyl sites for hydroxylation is 1. The van der Waals surface area contributed by atoms with Gasteiger partial charge < -0.3 is 10.0 Å². The Kier molecular flexibility index (Phi) is 4.74. The molecule has 19 heavy (non-hydrogen) atoms. The summed E-state index contributed by atoms with van der Waals surface area (Å²) in [5.74, 6) is 0.432. The second-order valence-corrected chi connectivity index (χ2v) is 5.20. The molecule has 3 heteroatoms. The lowest BCUT2D eigenvalue weighted by molar-refractivity contribution is -0.127. The van der Waals surface area contributed by atoms with Crippen molar-refractivity contribution in [2.75, 3.05) is 19.7 Å². The van der Waals surface area contributed by atoms with E-state index in [1.54, 1.807) is 6.08 Å². The van der Waals surface area contributed by atoms with Crippen molar-refractivity contribution in [3.05, 3.63) is 41.5 Å². The lowest BCUT2D eigenvalue weighted by Crippen LogP contribution is -2.38. The fraction of sp³-hybridized carbons (Fsp3) is 0.438. The average Bonchev–Trinajstić information content (AvgIpc) is 2.46. The number of aliphatic hydroxyl groups excluding tert-OH is 1. The van der Waals surface area contributed by atoms with E-state index in [-0.39, 0.29) is 12.5 Å². The fourth-order valence-electron chi connectivity index (χ4n) is 2.29. The van der Waals surface area contributed by atoms with Crippen molar-refractivity contribution < 1.29 is 9.90 Å². The Bertz CT molecular complexity index is 442. The van der Waals surface area contributed by atoms with Crippen molar-refractivity contribution >= 4 is 12.0 Å². The van der Waals surface area contributed by atoms with Crippen LogP contribution in [0, 0.1) is 12.8 Å². The molecule has 102 valence electrons. The van der Waals surface area contributed by atoms with Crippen LogP contribution in [-0.2, 0) is 4.79 Å². The van der Waals surface area contributed by atoms with Crippen molar-refractivity contribution in [2.24, 2.45) is 5.92 Å². The van der Waals surface area contributed by atoms with Gasteiger partial charge in [-0.1, -0.05) is 29.8 Å². The zero-order chi connectivity index (χ0) is 13.7. The lowest BCUT2D eigenvalue weighted by atomic mass is 9.98. The van der Waals surface area contributed by atoms with Crippen LogP contribution in [0.3, 0.4) is 0 Å². The molecule has 0 spiro atoms. The Morgan fingerprint density at radius 1 is 1.32 bits per heavy atom. The van der Waals surface area contributed by atoms with Crippen molar-refractivity contribution in [3.8, 4) is 0 Å². The highest BCUT2D eigenvalue weighted by Crippen LogP contribution is 2.16. The SMILES string of the molecule is Cc1ccc(/C=C/C(=O)N2CCC(CO)CC2)cc1. The largest absolute Gasteiger partial charge is 0.396 e. The van der Waals surface area contributed by atoms with Crippen molar-refractivity contribution in [1.82, 2.24) is 4.90 Å². The summed E-state index contributed by atoms with van der Waals surface area (Å²) >= 11 is 0. The van der Waals surface area contributed by atoms with Crippen LogP contribution < -0.4 is 0 Å². The Hall–Kier alpha value is -1.61. The third-order valence-corrected chi connectivity index (χ3v) is 3.68. The van der Waals surface area contributed by atoms with Gasteiger partial charge in [-0.25, -0.2) is 0 Å². The number of carbonyl (C=O) groups is 1. The van der Waals surface area contributed by atoms with Gasteiger partial charge in [0, 0.05) is 25.8 Å². The molecule has 0 atom stereocenters. The molecular weight excluding hydrogens is 238 g/mol. The van der Waals surface area contributed by atoms with Crippen LogP contribution >= 0.6 is 0 Å². The number of hydrogen-bond donors (Lipinski definition) is 1. The number of rotatable bonds is 3. The van der Waals surface area contributed by atoms with Crippen LogP contribution in [0.25, 0.3) is 6.08 Å². The Balaban J connectivity index is 1.89. The first kappa shape index (κ1) is 13.8. The standard InChI is InChI=1S/C16H21NO2/c1-13-2-4-14(5-3-13)6-7-16(19)17-10-8-15(12-18)9-11-17/h2-7,15,18H,8-12H2,1H3/b7-6+. The minimum absolute atomic E-state index is 0.0666. The van der Waals surface area contributed by atoms with Gasteiger partial charge in [0.25, 0.3) is 0 Å². The summed E-state index contributed by atoms with van der Waals surface area (Å²) in [6, 6.07) is 8.10. The highest BCUT2D eigenvalue weighted by molar-refractivity contribution is 5.91. The van der Waals surface area contributed by atoms with Gasteiger partial charge in [0.05, 0.1) is 0 Å². The molecule has 1 heterocycles. The summed E-state index contributed by atoms with van der Waals surface area (Å²) in [5.41, 5.74) is 2.26. The number of carbonyl (C=O) groups excluding carboxylic acids is 1. The molecule has 0 unspecified atom stereocenters. The number of benzene rings is 1. The lowest BCUT2D eigenvalue weighted by Gasteiger charge is -2.30. The summed E-state index contributed by atoms with van der Waals surface area (Å²) in [6.45, 7) is 3.79. The van der Waals surface area contributed by atoms with Gasteiger partial charge in [0.2, 0.25) is 5.91 Å². The number of amides is 1. The Morgan fingerprint density at radius 3 is 2.53 bits per heavy atom. The van der Waals surface area contributed by atoms with Crippen molar-refractivity contribution in [1.29, 1.82) is 0 Å². The van der Waals surface area contributed by atoms with Gasteiger partial charge in [-0.05, 0) is 37.3 Å². The first-order valence-corrected chi connectivity index (χ1v) is 6.83. The van der Waals surface area contributed by atoms with E-state index in [2.05, 4.69) is 0 Å². The number of likely N-dealkylation sites (tertiary alicyclic amines) is 1. The zero-order valence-corrected chi connectivity index (χ0v) is 11.4. The summed E-state index contributed by atoms with van der Waals surface area (Å²) in [7, 11) is 0. The predicted octanol–water partition coefficient (Wildman–Crippen LogP) is 2.24. The van der Waals surface area contributed by atoms with E-state index in [4.69, 9.17) is 5.11 Å². The van der Waals surface area contributed by atoms with Crippen LogP contribution in [0.2, 0.25) is 0 Å². The predicted molar refractivity (Wildman–Crippen MR) is 76.6 cm³/mol. The summed E-state index contributed by atoms with van der Waals surface area (Å²) < 4.78 is 0. The third kappa shape index (κ3) is 3.93. The summed E-state index contributed by atoms with van der Waals surface area (Å²) in [4.78, 5) is 13.9. The molecule has 0 aliphatic carbocycles. The molecular formula is C16H21NO2. The molecule has 0 bridgehead atoms. The van der Waals surface area contributed by atoms with Crippen molar-refractivity contribution in [2.45, 2.75) is 19.8 Å². The molecule has 1 amide bonds. The van der Waals surface area contributed by atoms with Gasteiger partial charge in [-0.2, -0.15) is 0 Å². The van der Waals surface area contributed by atoms with Gasteiger partial charge in [-0.15, -0.1) is 0 Å². The zero-order valence-electron chi connectivity index (χ0n) is 11.4. The van der Waals surface area contributed by atoms with E-state index >= 15 is 0 Å². The minimum Gasteiger partial charge on any atom is -0.396 e. The molecule has 1 aliphatic heterocycles. The molecule has 0 aromatic heterocycles. The normalized spacial score (nSPS) is 17.1. The van der Waals surface area contributed by atoms with Crippen LogP contribution in [0.15, 0.2) is 30.3 Å². The smallest absolute Gasteiger partial charge is 0.246 e. The maximum absolute atomic E-state index is 12.0. The van der Waals surface area contributed by atoms with Crippen LogP contribution in [-0.4, -0.2) is 35.6 Å². The van der Waals surface area contributed by atoms with Gasteiger partial charge in [0.1, 0.15) is 0 Å². The maximum Gasteiger partial charge on any atom is 0.246 e. The topological polar surface area (TPSA) is 40.5 Å². The van der Waals surface area contributed by atoms with Crippen LogP contribution in [0.4, 0.5) is 0 Å². The maximum atomic E-state index is 12.0. The van der Waals surface area contributed by atoms with Gasteiger partial charge in [-0.3, -0.25) is 4.79 Å². The van der Waals surface area contributed by atoms with E-state index < -0.39 is 0 Å². The average molecular weight is 259 g/mol. The van der Waals surface area contributed by atoms with Crippen LogP contribution in [0.1, 0.15) is 24.0 Å². The second-order valence-electron chi connectivity index (χ2n) is 5.20. The number of piperidine rings is 1. The summed E-state index contributed by atoms with van der Waals surface area (Å²) in [6.07, 6.45) is 5.31. The third-order valence-electron chi connectivity index (χ3n) is 3.68. The van der Waals surface area contributed by atoms with Gasteiger partial charge in [0.15, 0.2) is 0 Å².